The molecule has 5 rings (SSSR count). The molecule has 37 heavy (non-hydrogen) atoms. The molecule has 0 radical (unpaired) electrons. The van der Waals surface area contributed by atoms with Crippen LogP contribution in [-0.4, -0.2) is 38.1 Å². The van der Waals surface area contributed by atoms with E-state index >= 15 is 4.39 Å². The summed E-state index contributed by atoms with van der Waals surface area (Å²) in [7, 11) is 0. The molecule has 0 aliphatic heterocycles. The van der Waals surface area contributed by atoms with Crippen LogP contribution in [0.1, 0.15) is 28.2 Å². The zero-order chi connectivity index (χ0) is 25.8. The predicted octanol–water partition coefficient (Wildman–Crippen LogP) is 4.67. The molecule has 1 amide bonds. The van der Waals surface area contributed by atoms with Crippen LogP contribution in [0.5, 0.6) is 11.6 Å². The lowest BCUT2D eigenvalue weighted by Gasteiger charge is -2.29. The second kappa shape index (κ2) is 10.1. The Labute approximate surface area is 208 Å². The Balaban J connectivity index is 1.40. The number of carbonyl (C=O) groups is 1. The second-order valence-electron chi connectivity index (χ2n) is 8.21. The topological polar surface area (TPSA) is 106 Å². The van der Waals surface area contributed by atoms with Crippen LogP contribution in [0.4, 0.5) is 13.2 Å². The zero-order valence-corrected chi connectivity index (χ0v) is 19.2. The highest BCUT2D eigenvalue weighted by atomic mass is 19.1. The molecule has 2 N–H and O–H groups in total. The summed E-state index contributed by atoms with van der Waals surface area (Å²) in [5, 5.41) is 16.0. The third-order valence-electron chi connectivity index (χ3n) is 5.80. The predicted molar refractivity (Wildman–Crippen MR) is 127 cm³/mol. The van der Waals surface area contributed by atoms with Crippen LogP contribution in [0.2, 0.25) is 0 Å². The van der Waals surface area contributed by atoms with Crippen molar-refractivity contribution < 1.29 is 22.7 Å². The largest absolute Gasteiger partial charge is 0.438 e. The van der Waals surface area contributed by atoms with Crippen molar-refractivity contribution in [2.75, 3.05) is 6.54 Å². The van der Waals surface area contributed by atoms with Crippen LogP contribution in [0.15, 0.2) is 84.6 Å². The summed E-state index contributed by atoms with van der Waals surface area (Å²) in [5.41, 5.74) is -0.654. The van der Waals surface area contributed by atoms with Gasteiger partial charge >= 0.3 is 0 Å². The maximum absolute atomic E-state index is 16.5. The van der Waals surface area contributed by atoms with Gasteiger partial charge in [0.15, 0.2) is 0 Å². The number of halogens is 3. The minimum Gasteiger partial charge on any atom is -0.438 e. The van der Waals surface area contributed by atoms with E-state index in [0.29, 0.717) is 5.57 Å². The van der Waals surface area contributed by atoms with Gasteiger partial charge in [0.1, 0.15) is 22.9 Å². The van der Waals surface area contributed by atoms with E-state index in [1.165, 1.54) is 24.3 Å². The van der Waals surface area contributed by atoms with Gasteiger partial charge in [-0.15, -0.1) is 10.2 Å². The highest BCUT2D eigenvalue weighted by molar-refractivity contribution is 5.96. The molecule has 2 heterocycles. The normalized spacial score (nSPS) is 17.1. The fourth-order valence-corrected chi connectivity index (χ4v) is 3.93. The SMILES string of the molecule is O=C(NCC1=CC=C(c2ccccc2)CC1(F)c1nn[nH]n1)c1cc(F)cnc1Oc1ccc(F)cc1. The van der Waals surface area contributed by atoms with Gasteiger partial charge in [-0.05, 0) is 47.0 Å². The average Bonchev–Trinajstić information content (AvgIpc) is 3.47. The van der Waals surface area contributed by atoms with Gasteiger partial charge in [0.05, 0.1) is 6.20 Å². The third kappa shape index (κ3) is 5.10. The van der Waals surface area contributed by atoms with Crippen molar-refractivity contribution in [3.8, 4) is 11.6 Å². The van der Waals surface area contributed by atoms with Crippen molar-refractivity contribution in [1.29, 1.82) is 0 Å². The molecular weight excluding hydrogens is 485 g/mol. The van der Waals surface area contributed by atoms with Crippen LogP contribution in [0.25, 0.3) is 5.57 Å². The molecule has 2 aromatic carbocycles. The number of aromatic nitrogens is 5. The van der Waals surface area contributed by atoms with E-state index in [4.69, 9.17) is 4.74 Å². The molecule has 186 valence electrons. The number of nitrogens with one attached hydrogen (secondary N) is 2. The van der Waals surface area contributed by atoms with Crippen LogP contribution in [0, 0.1) is 11.6 Å². The monoisotopic (exact) mass is 504 g/mol. The van der Waals surface area contributed by atoms with Crippen molar-refractivity contribution in [3.63, 3.8) is 0 Å². The standard InChI is InChI=1S/C26H19F3N6O2/c27-19-8-10-21(11-9-19)37-24-22(12-20(28)15-31-24)23(36)30-14-18-7-6-17(16-4-2-1-3-5-16)13-26(18,29)25-32-34-35-33-25/h1-12,15H,13-14H2,(H,30,36)(H,32,33,34,35). The van der Waals surface area contributed by atoms with Gasteiger partial charge in [-0.25, -0.2) is 18.2 Å². The van der Waals surface area contributed by atoms with Gasteiger partial charge in [-0.3, -0.25) is 4.79 Å². The minimum absolute atomic E-state index is 0.0846. The molecule has 11 heteroatoms. The van der Waals surface area contributed by atoms with Crippen LogP contribution >= 0.6 is 0 Å². The highest BCUT2D eigenvalue weighted by Gasteiger charge is 2.43. The second-order valence-corrected chi connectivity index (χ2v) is 8.21. The number of benzene rings is 2. The van der Waals surface area contributed by atoms with E-state index < -0.39 is 23.2 Å². The lowest BCUT2D eigenvalue weighted by molar-refractivity contribution is 0.0948. The molecule has 8 nitrogen and oxygen atoms in total. The molecule has 0 saturated carbocycles. The number of pyridine rings is 1. The Morgan fingerprint density at radius 3 is 2.57 bits per heavy atom. The maximum Gasteiger partial charge on any atom is 0.257 e. The highest BCUT2D eigenvalue weighted by Crippen LogP contribution is 2.43. The molecule has 1 atom stereocenters. The van der Waals surface area contributed by atoms with Gasteiger partial charge in [0, 0.05) is 13.0 Å². The quantitative estimate of drug-likeness (QED) is 0.379. The summed E-state index contributed by atoms with van der Waals surface area (Å²) in [6.07, 6.45) is 4.13. The van der Waals surface area contributed by atoms with Crippen LogP contribution in [0.3, 0.4) is 0 Å². The molecule has 2 aromatic heterocycles. The van der Waals surface area contributed by atoms with Gasteiger partial charge in [0.2, 0.25) is 17.4 Å². The van der Waals surface area contributed by atoms with Crippen molar-refractivity contribution in [2.45, 2.75) is 12.1 Å². The number of nitrogens with zero attached hydrogens (tertiary/aromatic N) is 4. The molecular formula is C26H19F3N6O2. The molecule has 0 saturated heterocycles. The van der Waals surface area contributed by atoms with E-state index in [1.807, 2.05) is 30.3 Å². The number of aromatic amines is 1. The number of ether oxygens (including phenoxy) is 1. The molecule has 1 aliphatic rings. The molecule has 0 fully saturated rings. The number of amides is 1. The summed E-state index contributed by atoms with van der Waals surface area (Å²) >= 11 is 0. The average molecular weight is 504 g/mol. The number of hydrogen-bond acceptors (Lipinski definition) is 6. The fraction of sp³-hybridized carbons (Fsp3) is 0.115. The van der Waals surface area contributed by atoms with E-state index in [9.17, 15) is 13.6 Å². The minimum atomic E-state index is -2.16. The Hall–Kier alpha value is -4.80. The third-order valence-corrected chi connectivity index (χ3v) is 5.80. The van der Waals surface area contributed by atoms with Crippen LogP contribution in [-0.2, 0) is 5.67 Å². The first-order valence-electron chi connectivity index (χ1n) is 11.2. The Morgan fingerprint density at radius 2 is 1.84 bits per heavy atom. The number of rotatable bonds is 7. The molecule has 1 aliphatic carbocycles. The first-order valence-corrected chi connectivity index (χ1v) is 11.2. The molecule has 1 unspecified atom stereocenters. The van der Waals surface area contributed by atoms with E-state index in [1.54, 1.807) is 12.2 Å². The number of carbonyl (C=O) groups excluding carboxylic acids is 1. The first-order chi connectivity index (χ1) is 17.9. The van der Waals surface area contributed by atoms with Crippen molar-refractivity contribution >= 4 is 11.5 Å². The van der Waals surface area contributed by atoms with Gasteiger partial charge in [0.25, 0.3) is 5.91 Å². The molecule has 0 spiro atoms. The first kappa shape index (κ1) is 23.9. The summed E-state index contributed by atoms with van der Waals surface area (Å²) in [4.78, 5) is 16.9. The maximum atomic E-state index is 16.5. The van der Waals surface area contributed by atoms with E-state index in [-0.39, 0.29) is 41.6 Å². The number of alkyl halides is 1. The fourth-order valence-electron chi connectivity index (χ4n) is 3.93. The summed E-state index contributed by atoms with van der Waals surface area (Å²) in [6, 6.07) is 15.3. The van der Waals surface area contributed by atoms with Crippen LogP contribution < -0.4 is 10.1 Å². The number of tetrazole rings is 1. The van der Waals surface area contributed by atoms with Gasteiger partial charge in [-0.2, -0.15) is 5.21 Å². The molecule has 0 bridgehead atoms. The lowest BCUT2D eigenvalue weighted by Crippen LogP contribution is -2.35. The van der Waals surface area contributed by atoms with Crippen molar-refractivity contribution in [3.05, 3.63) is 113 Å². The van der Waals surface area contributed by atoms with Crippen molar-refractivity contribution in [2.24, 2.45) is 0 Å². The Kier molecular flexibility index (Phi) is 6.50. The van der Waals surface area contributed by atoms with E-state index in [2.05, 4.69) is 30.9 Å². The zero-order valence-electron chi connectivity index (χ0n) is 19.2. The van der Waals surface area contributed by atoms with Gasteiger partial charge in [-0.1, -0.05) is 47.7 Å². The molecule has 4 aromatic rings. The Morgan fingerprint density at radius 1 is 1.05 bits per heavy atom. The number of H-pyrrole nitrogens is 1. The summed E-state index contributed by atoms with van der Waals surface area (Å²) in [6.45, 7) is -0.241. The Bertz CT molecular complexity index is 1470. The smallest absolute Gasteiger partial charge is 0.257 e. The van der Waals surface area contributed by atoms with Gasteiger partial charge < -0.3 is 10.1 Å². The lowest BCUT2D eigenvalue weighted by atomic mass is 9.81. The number of allylic oxidation sites excluding steroid dienone is 3. The van der Waals surface area contributed by atoms with E-state index in [0.717, 1.165) is 17.8 Å². The summed E-state index contributed by atoms with van der Waals surface area (Å²) < 4.78 is 49.2. The van der Waals surface area contributed by atoms with Crippen molar-refractivity contribution in [1.82, 2.24) is 30.9 Å². The summed E-state index contributed by atoms with van der Waals surface area (Å²) in [5.74, 6) is -2.17. The number of hydrogen-bond donors (Lipinski definition) is 2.